The minimum absolute atomic E-state index is 0. The third kappa shape index (κ3) is 9.93. The van der Waals surface area contributed by atoms with Crippen LogP contribution in [0.25, 0.3) is 0 Å². The van der Waals surface area contributed by atoms with Gasteiger partial charge in [0.05, 0.1) is 0 Å². The molecule has 8 heavy (non-hydrogen) atoms. The minimum atomic E-state index is -1.19. The number of rotatable bonds is 2. The van der Waals surface area contributed by atoms with E-state index in [2.05, 4.69) is 17.1 Å². The van der Waals surface area contributed by atoms with Crippen LogP contribution < -0.4 is 12.4 Å². The molecule has 0 spiro atoms. The number of aliphatic hydroxyl groups excluding tert-OH is 1. The largest absolute Gasteiger partial charge is 1.00 e. The Kier molecular flexibility index (Phi) is 6.76. The summed E-state index contributed by atoms with van der Waals surface area (Å²) in [6, 6.07) is 0. The normalized spacial score (nSPS) is 10.5. The van der Waals surface area contributed by atoms with Crippen LogP contribution in [-0.2, 0) is 0 Å². The molecule has 0 bridgehead atoms. The Morgan fingerprint density at radius 1 is 1.25 bits per heavy atom. The van der Waals surface area contributed by atoms with E-state index in [1.807, 2.05) is 0 Å². The third-order valence-electron chi connectivity index (χ3n) is 0.771. The summed E-state index contributed by atoms with van der Waals surface area (Å²) in [4.78, 5) is 0. The van der Waals surface area contributed by atoms with E-state index in [0.717, 1.165) is 5.21 Å². The summed E-state index contributed by atoms with van der Waals surface area (Å²) in [6.45, 7) is 0.385. The monoisotopic (exact) mass is 200 g/mol. The van der Waals surface area contributed by atoms with Crippen molar-refractivity contribution in [3.8, 4) is 0 Å². The maximum Gasteiger partial charge on any atom is -1.00 e. The van der Waals surface area contributed by atoms with Gasteiger partial charge in [0, 0.05) is 0 Å². The first-order valence-electron chi connectivity index (χ1n) is 2.47. The molecule has 0 saturated heterocycles. The van der Waals surface area contributed by atoms with E-state index in [1.165, 1.54) is 0 Å². The topological polar surface area (TPSA) is 20.2 Å². The van der Waals surface area contributed by atoms with Crippen molar-refractivity contribution in [2.24, 2.45) is 0 Å². The van der Waals surface area contributed by atoms with Crippen LogP contribution in [0.3, 0.4) is 0 Å². The Hall–Kier alpha value is 0.808. The molecule has 0 heterocycles. The molecule has 0 saturated carbocycles. The van der Waals surface area contributed by atoms with E-state index >= 15 is 0 Å². The van der Waals surface area contributed by atoms with E-state index in [-0.39, 0.29) is 12.4 Å². The molecule has 3 heteroatoms. The van der Waals surface area contributed by atoms with Crippen molar-refractivity contribution in [2.75, 3.05) is 6.61 Å². The molecule has 0 aromatic heterocycles. The van der Waals surface area contributed by atoms with E-state index < -0.39 is 13.6 Å². The maximum absolute atomic E-state index is 8.44. The van der Waals surface area contributed by atoms with Gasteiger partial charge in [-0.1, -0.05) is 0 Å². The van der Waals surface area contributed by atoms with Gasteiger partial charge >= 0.3 is 47.6 Å². The van der Waals surface area contributed by atoms with E-state index in [1.54, 1.807) is 0 Å². The first-order chi connectivity index (χ1) is 3.06. The molecule has 0 aliphatic heterocycles. The van der Waals surface area contributed by atoms with Crippen molar-refractivity contribution in [2.45, 2.75) is 22.3 Å². The van der Waals surface area contributed by atoms with Crippen LogP contribution in [-0.4, -0.2) is 25.3 Å². The fourth-order valence-electron chi connectivity index (χ4n) is 0.300. The Balaban J connectivity index is 0. The van der Waals surface area contributed by atoms with Crippen LogP contribution in [0.2, 0.25) is 22.3 Å². The SMILES string of the molecule is C[As+](C)(C)CCO.[Cl-]. The quantitative estimate of drug-likeness (QED) is 0.528. The molecular formula is C5H14AsClO. The van der Waals surface area contributed by atoms with Gasteiger partial charge in [0.1, 0.15) is 0 Å². The van der Waals surface area contributed by atoms with Crippen molar-refractivity contribution < 1.29 is 17.5 Å². The fraction of sp³-hybridized carbons (Fsp3) is 1.00. The zero-order valence-corrected chi connectivity index (χ0v) is 8.32. The number of aliphatic hydroxyl groups is 1. The summed E-state index contributed by atoms with van der Waals surface area (Å²) in [6.07, 6.45) is 0. The van der Waals surface area contributed by atoms with Crippen LogP contribution in [0.5, 0.6) is 0 Å². The van der Waals surface area contributed by atoms with Crippen LogP contribution in [0, 0.1) is 0 Å². The van der Waals surface area contributed by atoms with Gasteiger partial charge in [0.15, 0.2) is 0 Å². The van der Waals surface area contributed by atoms with Gasteiger partial charge < -0.3 is 12.4 Å². The number of hydrogen-bond acceptors (Lipinski definition) is 1. The van der Waals surface area contributed by atoms with E-state index in [0.29, 0.717) is 6.61 Å². The van der Waals surface area contributed by atoms with Gasteiger partial charge in [0.25, 0.3) is 0 Å². The summed E-state index contributed by atoms with van der Waals surface area (Å²) < 4.78 is 0. The van der Waals surface area contributed by atoms with Crippen molar-refractivity contribution in [3.05, 3.63) is 0 Å². The van der Waals surface area contributed by atoms with Crippen molar-refractivity contribution in [1.29, 1.82) is 0 Å². The zero-order chi connectivity index (χ0) is 5.91. The van der Waals surface area contributed by atoms with Gasteiger partial charge in [-0.2, -0.15) is 0 Å². The Labute approximate surface area is 60.3 Å². The second kappa shape index (κ2) is 4.67. The molecular weight excluding hydrogens is 186 g/mol. The second-order valence-corrected chi connectivity index (χ2v) is 13.3. The smallest absolute Gasteiger partial charge is 1.00 e. The molecule has 0 aromatic carbocycles. The summed E-state index contributed by atoms with van der Waals surface area (Å²) in [5.41, 5.74) is 6.86. The van der Waals surface area contributed by atoms with Crippen LogP contribution in [0.1, 0.15) is 0 Å². The Morgan fingerprint density at radius 2 is 1.62 bits per heavy atom. The standard InChI is InChI=1S/C5H14AsO.ClH/c1-6(2,3)4-5-7;/h7H,4-5H2,1-3H3;1H/q+1;/p-1. The maximum atomic E-state index is 8.44. The van der Waals surface area contributed by atoms with Crippen molar-refractivity contribution >= 4 is 13.6 Å². The molecule has 1 N–H and O–H groups in total. The summed E-state index contributed by atoms with van der Waals surface area (Å²) >= 11 is -1.19. The average Bonchev–Trinajstić information content (AvgIpc) is 1.30. The third-order valence-corrected chi connectivity index (χ3v) is 4.01. The van der Waals surface area contributed by atoms with Gasteiger partial charge in [-0.05, 0) is 0 Å². The predicted molar refractivity (Wildman–Crippen MR) is 35.2 cm³/mol. The molecule has 0 atom stereocenters. The molecule has 0 rings (SSSR count). The zero-order valence-electron chi connectivity index (χ0n) is 5.69. The summed E-state index contributed by atoms with van der Waals surface area (Å²) in [5.74, 6) is 0. The Bertz CT molecular complexity index is 50.9. The van der Waals surface area contributed by atoms with Crippen LogP contribution in [0.15, 0.2) is 0 Å². The summed E-state index contributed by atoms with van der Waals surface area (Å²) in [7, 11) is 0. The number of hydrogen-bond donors (Lipinski definition) is 1. The van der Waals surface area contributed by atoms with Gasteiger partial charge in [-0.3, -0.25) is 0 Å². The Morgan fingerprint density at radius 3 is 1.62 bits per heavy atom. The van der Waals surface area contributed by atoms with Gasteiger partial charge in [-0.25, -0.2) is 0 Å². The molecule has 0 aliphatic rings. The second-order valence-electron chi connectivity index (χ2n) is 2.74. The average molecular weight is 201 g/mol. The molecule has 52 valence electrons. The first-order valence-corrected chi connectivity index (χ1v) is 9.43. The number of halogens is 1. The molecule has 1 nitrogen and oxygen atoms in total. The van der Waals surface area contributed by atoms with Crippen LogP contribution >= 0.6 is 0 Å². The van der Waals surface area contributed by atoms with E-state index in [4.69, 9.17) is 5.11 Å². The minimum Gasteiger partial charge on any atom is -1.00 e. The molecule has 0 radical (unpaired) electrons. The van der Waals surface area contributed by atoms with Gasteiger partial charge in [0.2, 0.25) is 0 Å². The summed E-state index contributed by atoms with van der Waals surface area (Å²) in [5, 5.41) is 9.51. The molecule has 0 amide bonds. The predicted octanol–water partition coefficient (Wildman–Crippen LogP) is -1.68. The van der Waals surface area contributed by atoms with Crippen LogP contribution in [0.4, 0.5) is 0 Å². The van der Waals surface area contributed by atoms with E-state index in [9.17, 15) is 0 Å². The fourth-order valence-corrected chi connectivity index (χ4v) is 1.56. The molecule has 0 aliphatic carbocycles. The first kappa shape index (κ1) is 11.6. The van der Waals surface area contributed by atoms with Crippen molar-refractivity contribution in [1.82, 2.24) is 0 Å². The van der Waals surface area contributed by atoms with Gasteiger partial charge in [-0.15, -0.1) is 0 Å². The molecule has 0 aromatic rings. The molecule has 0 fully saturated rings. The van der Waals surface area contributed by atoms with Crippen molar-refractivity contribution in [3.63, 3.8) is 0 Å². The molecule has 0 unspecified atom stereocenters.